The van der Waals surface area contributed by atoms with Gasteiger partial charge in [0.1, 0.15) is 6.61 Å². The number of hydrogen-bond acceptors (Lipinski definition) is 4. The van der Waals surface area contributed by atoms with Crippen LogP contribution in [0.3, 0.4) is 0 Å². The first-order valence-electron chi connectivity index (χ1n) is 8.89. The summed E-state index contributed by atoms with van der Waals surface area (Å²) in [6, 6.07) is 13.4. The molecule has 1 N–H and O–H groups in total. The van der Waals surface area contributed by atoms with Crippen molar-refractivity contribution in [2.45, 2.75) is 26.5 Å². The summed E-state index contributed by atoms with van der Waals surface area (Å²) in [5.74, 6) is 0.614. The first kappa shape index (κ1) is 19.5. The quantitative estimate of drug-likeness (QED) is 0.768. The zero-order valence-corrected chi connectivity index (χ0v) is 16.3. The molecule has 3 rings (SSSR count). The summed E-state index contributed by atoms with van der Waals surface area (Å²) in [7, 11) is 1.62. The average Bonchev–Trinajstić information content (AvgIpc) is 3.04. The summed E-state index contributed by atoms with van der Waals surface area (Å²) < 4.78 is 11.4. The molecule has 0 aliphatic carbocycles. The van der Waals surface area contributed by atoms with Crippen molar-refractivity contribution in [2.75, 3.05) is 20.2 Å². The van der Waals surface area contributed by atoms with Gasteiger partial charge in [0, 0.05) is 18.1 Å². The van der Waals surface area contributed by atoms with Crippen LogP contribution in [0.15, 0.2) is 42.5 Å². The van der Waals surface area contributed by atoms with E-state index in [2.05, 4.69) is 4.90 Å². The number of benzene rings is 2. The second-order valence-corrected chi connectivity index (χ2v) is 7.66. The minimum absolute atomic E-state index is 0.427. The molecule has 1 atom stereocenters. The monoisotopic (exact) mass is 389 g/mol. The molecule has 5 nitrogen and oxygen atoms in total. The molecule has 0 radical (unpaired) electrons. The molecule has 1 fully saturated rings. The Balaban J connectivity index is 1.64. The molecule has 1 heterocycles. The normalized spacial score (nSPS) is 19.8. The third-order valence-electron chi connectivity index (χ3n) is 5.01. The van der Waals surface area contributed by atoms with E-state index in [4.69, 9.17) is 21.1 Å². The highest BCUT2D eigenvalue weighted by Gasteiger charge is 2.40. The molecule has 0 bridgehead atoms. The SMILES string of the molecule is COc1cc(CN2CCC(C)(C(=O)O)C2)ccc1OCc1ccc(Cl)cc1. The highest BCUT2D eigenvalue weighted by atomic mass is 35.5. The number of rotatable bonds is 7. The predicted octanol–water partition coefficient (Wildman–Crippen LogP) is 4.22. The van der Waals surface area contributed by atoms with E-state index in [0.29, 0.717) is 42.6 Å². The topological polar surface area (TPSA) is 59.0 Å². The van der Waals surface area contributed by atoms with Crippen LogP contribution in [0.25, 0.3) is 0 Å². The van der Waals surface area contributed by atoms with Gasteiger partial charge in [-0.15, -0.1) is 0 Å². The zero-order valence-electron chi connectivity index (χ0n) is 15.6. The molecule has 144 valence electrons. The number of nitrogens with zero attached hydrogens (tertiary/aromatic N) is 1. The van der Waals surface area contributed by atoms with E-state index in [-0.39, 0.29) is 0 Å². The lowest BCUT2D eigenvalue weighted by atomic mass is 9.90. The van der Waals surface area contributed by atoms with Crippen molar-refractivity contribution in [3.05, 3.63) is 58.6 Å². The first-order chi connectivity index (χ1) is 12.9. The van der Waals surface area contributed by atoms with Gasteiger partial charge in [0.15, 0.2) is 11.5 Å². The molecule has 1 saturated heterocycles. The van der Waals surface area contributed by atoms with Crippen LogP contribution >= 0.6 is 11.6 Å². The van der Waals surface area contributed by atoms with Gasteiger partial charge >= 0.3 is 5.97 Å². The summed E-state index contributed by atoms with van der Waals surface area (Å²) in [5.41, 5.74) is 1.43. The minimum Gasteiger partial charge on any atom is -0.493 e. The second-order valence-electron chi connectivity index (χ2n) is 7.23. The fraction of sp³-hybridized carbons (Fsp3) is 0.381. The molecule has 0 aromatic heterocycles. The Labute approximate surface area is 164 Å². The first-order valence-corrected chi connectivity index (χ1v) is 9.27. The molecule has 0 spiro atoms. The predicted molar refractivity (Wildman–Crippen MR) is 104 cm³/mol. The van der Waals surface area contributed by atoms with Crippen LogP contribution in [0.4, 0.5) is 0 Å². The van der Waals surface area contributed by atoms with Gasteiger partial charge in [-0.2, -0.15) is 0 Å². The van der Waals surface area contributed by atoms with Gasteiger partial charge in [0.25, 0.3) is 0 Å². The van der Waals surface area contributed by atoms with Gasteiger partial charge in [0.2, 0.25) is 0 Å². The fourth-order valence-electron chi connectivity index (χ4n) is 3.30. The minimum atomic E-state index is -0.728. The molecular weight excluding hydrogens is 366 g/mol. The van der Waals surface area contributed by atoms with Crippen molar-refractivity contribution >= 4 is 17.6 Å². The number of ether oxygens (including phenoxy) is 2. The number of carboxylic acids is 1. The van der Waals surface area contributed by atoms with Crippen molar-refractivity contribution in [3.8, 4) is 11.5 Å². The van der Waals surface area contributed by atoms with Gasteiger partial charge in [-0.05, 0) is 55.3 Å². The van der Waals surface area contributed by atoms with Crippen molar-refractivity contribution in [3.63, 3.8) is 0 Å². The lowest BCUT2D eigenvalue weighted by Crippen LogP contribution is -2.31. The van der Waals surface area contributed by atoms with Crippen molar-refractivity contribution in [2.24, 2.45) is 5.41 Å². The molecule has 0 amide bonds. The van der Waals surface area contributed by atoms with E-state index in [1.165, 1.54) is 0 Å². The smallest absolute Gasteiger partial charge is 0.310 e. The fourth-order valence-corrected chi connectivity index (χ4v) is 3.42. The van der Waals surface area contributed by atoms with Gasteiger partial charge in [0.05, 0.1) is 12.5 Å². The highest BCUT2D eigenvalue weighted by Crippen LogP contribution is 2.33. The van der Waals surface area contributed by atoms with E-state index < -0.39 is 11.4 Å². The Morgan fingerprint density at radius 3 is 2.52 bits per heavy atom. The molecule has 2 aromatic rings. The third-order valence-corrected chi connectivity index (χ3v) is 5.26. The highest BCUT2D eigenvalue weighted by molar-refractivity contribution is 6.30. The van der Waals surface area contributed by atoms with Gasteiger partial charge < -0.3 is 14.6 Å². The van der Waals surface area contributed by atoms with Crippen LogP contribution < -0.4 is 9.47 Å². The molecule has 2 aromatic carbocycles. The number of aliphatic carboxylic acids is 1. The summed E-state index contributed by atoms with van der Waals surface area (Å²) in [5, 5.41) is 10.1. The number of halogens is 1. The van der Waals surface area contributed by atoms with E-state index in [1.54, 1.807) is 7.11 Å². The molecular formula is C21H24ClNO4. The van der Waals surface area contributed by atoms with Gasteiger partial charge in [-0.25, -0.2) is 0 Å². The largest absolute Gasteiger partial charge is 0.493 e. The Bertz CT molecular complexity index is 808. The summed E-state index contributed by atoms with van der Waals surface area (Å²) in [6.07, 6.45) is 0.668. The molecule has 27 heavy (non-hydrogen) atoms. The number of hydrogen-bond donors (Lipinski definition) is 1. The second kappa shape index (κ2) is 8.19. The molecule has 6 heteroatoms. The van der Waals surface area contributed by atoms with E-state index in [9.17, 15) is 9.90 Å². The van der Waals surface area contributed by atoms with Crippen LogP contribution in [0.1, 0.15) is 24.5 Å². The number of carbonyl (C=O) groups is 1. The Morgan fingerprint density at radius 2 is 1.89 bits per heavy atom. The standard InChI is InChI=1S/C21H24ClNO4/c1-21(20(24)25)9-10-23(14-21)12-16-5-8-18(19(11-16)26-2)27-13-15-3-6-17(22)7-4-15/h3-8,11H,9-10,12-14H2,1-2H3,(H,24,25). The van der Waals surface area contributed by atoms with E-state index in [1.807, 2.05) is 49.4 Å². The van der Waals surface area contributed by atoms with E-state index >= 15 is 0 Å². The van der Waals surface area contributed by atoms with Crippen LogP contribution in [0.5, 0.6) is 11.5 Å². The maximum absolute atomic E-state index is 11.4. The Kier molecular flexibility index (Phi) is 5.92. The average molecular weight is 390 g/mol. The maximum Gasteiger partial charge on any atom is 0.310 e. The maximum atomic E-state index is 11.4. The lowest BCUT2D eigenvalue weighted by Gasteiger charge is -2.20. The van der Waals surface area contributed by atoms with Crippen LogP contribution in [-0.2, 0) is 17.9 Å². The lowest BCUT2D eigenvalue weighted by molar-refractivity contribution is -0.147. The van der Waals surface area contributed by atoms with Crippen molar-refractivity contribution in [1.29, 1.82) is 0 Å². The van der Waals surface area contributed by atoms with E-state index in [0.717, 1.165) is 17.7 Å². The van der Waals surface area contributed by atoms with Gasteiger partial charge in [-0.3, -0.25) is 9.69 Å². The molecule has 1 aliphatic rings. The molecule has 1 aliphatic heterocycles. The van der Waals surface area contributed by atoms with Crippen LogP contribution in [-0.4, -0.2) is 36.2 Å². The Morgan fingerprint density at radius 1 is 1.19 bits per heavy atom. The number of likely N-dealkylation sites (tertiary alicyclic amines) is 1. The summed E-state index contributed by atoms with van der Waals surface area (Å²) in [4.78, 5) is 13.6. The molecule has 1 unspecified atom stereocenters. The van der Waals surface area contributed by atoms with Crippen molar-refractivity contribution < 1.29 is 19.4 Å². The number of methoxy groups -OCH3 is 1. The summed E-state index contributed by atoms with van der Waals surface area (Å²) >= 11 is 5.90. The third kappa shape index (κ3) is 4.73. The number of carboxylic acid groups (broad SMARTS) is 1. The zero-order chi connectivity index (χ0) is 19.4. The Hall–Kier alpha value is -2.24. The van der Waals surface area contributed by atoms with Crippen LogP contribution in [0.2, 0.25) is 5.02 Å². The van der Waals surface area contributed by atoms with Crippen molar-refractivity contribution in [1.82, 2.24) is 4.90 Å². The van der Waals surface area contributed by atoms with Crippen LogP contribution in [0, 0.1) is 5.41 Å². The summed E-state index contributed by atoms with van der Waals surface area (Å²) in [6.45, 7) is 4.26. The van der Waals surface area contributed by atoms with Gasteiger partial charge in [-0.1, -0.05) is 29.8 Å². The molecule has 0 saturated carbocycles.